The SMILES string of the molecule is CC(C)C1C2C=CCCC21.CC(C)C1C2CC=CCC21.CC(C)C1C2CCCC21.CC(C)C1C2CCCC21.CC(C)C1C2CCCC21.CC(C)C1C2CCCCC21.CC(C)C1C2CCSCC21.CC(C)C1CC2CCCC21.CC(C)C1CC2CCCC21.CC(C)C1CC2CCCC21.CC(C)C1CC2CCCC2C1.CC(C)C1CC2CCCC2C1.CC(C)C1CC2CCCC2C1. The van der Waals surface area contributed by atoms with Crippen molar-refractivity contribution in [2.45, 2.75) is 469 Å². The monoisotopic (exact) mass is 1810 g/mol. The fraction of sp³-hybridized carbons (Fsp3) is 0.969. The molecule has 0 radical (unpaired) electrons. The van der Waals surface area contributed by atoms with Crippen LogP contribution < -0.4 is 0 Å². The maximum absolute atomic E-state index is 2.44. The second kappa shape index (κ2) is 48.7. The van der Waals surface area contributed by atoms with Crippen LogP contribution in [0.4, 0.5) is 0 Å². The van der Waals surface area contributed by atoms with E-state index < -0.39 is 0 Å². The van der Waals surface area contributed by atoms with Crippen LogP contribution in [-0.4, -0.2) is 11.5 Å². The first-order valence-electron chi connectivity index (χ1n) is 61.2. The second-order valence-corrected chi connectivity index (χ2v) is 58.3. The van der Waals surface area contributed by atoms with Crippen molar-refractivity contribution in [1.82, 2.24) is 0 Å². The van der Waals surface area contributed by atoms with Gasteiger partial charge >= 0.3 is 0 Å². The molecule has 130 heavy (non-hydrogen) atoms. The molecule has 25 aliphatic carbocycles. The van der Waals surface area contributed by atoms with Gasteiger partial charge in [-0.25, -0.2) is 0 Å². The summed E-state index contributed by atoms with van der Waals surface area (Å²) in [5, 5.41) is 0. The van der Waals surface area contributed by atoms with Crippen LogP contribution >= 0.6 is 11.8 Å². The van der Waals surface area contributed by atoms with Crippen LogP contribution in [0, 0.1) is 308 Å². The van der Waals surface area contributed by atoms with Crippen LogP contribution in [-0.2, 0) is 0 Å². The molecule has 1 saturated heterocycles. The molecule has 0 N–H and O–H groups in total. The zero-order chi connectivity index (χ0) is 92.8. The lowest BCUT2D eigenvalue weighted by Crippen LogP contribution is -2.35. The molecule has 24 fully saturated rings. The van der Waals surface area contributed by atoms with Crippen molar-refractivity contribution in [3.63, 3.8) is 0 Å². The number of fused-ring (bicyclic) bond motifs is 13. The van der Waals surface area contributed by atoms with Crippen molar-refractivity contribution in [2.75, 3.05) is 11.5 Å². The van der Waals surface area contributed by atoms with E-state index in [4.69, 9.17) is 0 Å². The van der Waals surface area contributed by atoms with E-state index in [2.05, 4.69) is 216 Å². The van der Waals surface area contributed by atoms with E-state index in [1.807, 2.05) is 0 Å². The number of hydrogen-bond acceptors (Lipinski definition) is 1. The Bertz CT molecular complexity index is 2900. The highest BCUT2D eigenvalue weighted by Gasteiger charge is 2.58. The molecule has 26 aliphatic rings. The average molecular weight is 1810 g/mol. The molecule has 0 bridgehead atoms. The third-order valence-corrected chi connectivity index (χ3v) is 46.7. The van der Waals surface area contributed by atoms with Crippen LogP contribution in [0.1, 0.15) is 469 Å². The second-order valence-electron chi connectivity index (χ2n) is 57.1. The lowest BCUT2D eigenvalue weighted by Gasteiger charge is -2.43. The first-order valence-corrected chi connectivity index (χ1v) is 62.4. The summed E-state index contributed by atoms with van der Waals surface area (Å²) in [5.41, 5.74) is 0. The van der Waals surface area contributed by atoms with Crippen molar-refractivity contribution in [2.24, 2.45) is 308 Å². The van der Waals surface area contributed by atoms with Crippen LogP contribution in [0.2, 0.25) is 0 Å². The molecule has 1 heteroatoms. The van der Waals surface area contributed by atoms with Crippen LogP contribution in [0.3, 0.4) is 0 Å². The number of thioether (sulfide) groups is 1. The molecule has 1 heterocycles. The summed E-state index contributed by atoms with van der Waals surface area (Å²) in [4.78, 5) is 0. The van der Waals surface area contributed by atoms with Crippen molar-refractivity contribution in [3.05, 3.63) is 24.3 Å². The number of allylic oxidation sites excluding steroid dienone is 4. The summed E-state index contributed by atoms with van der Waals surface area (Å²) in [6, 6.07) is 0. The van der Waals surface area contributed by atoms with Crippen molar-refractivity contribution >= 4 is 11.8 Å². The van der Waals surface area contributed by atoms with Crippen molar-refractivity contribution in [3.8, 4) is 0 Å². The molecular weight excluding hydrogens is 1580 g/mol. The Hall–Kier alpha value is -0.170. The largest absolute Gasteiger partial charge is 0.162 e. The number of hydrogen-bond donors (Lipinski definition) is 0. The molecule has 31 unspecified atom stereocenters. The topological polar surface area (TPSA) is 0 Å². The summed E-state index contributed by atoms with van der Waals surface area (Å²) in [6.07, 6.45) is 78.4. The highest BCUT2D eigenvalue weighted by Crippen LogP contribution is 2.66. The van der Waals surface area contributed by atoms with Gasteiger partial charge in [0.05, 0.1) is 0 Å². The normalized spacial score (nSPS) is 45.1. The first kappa shape index (κ1) is 106. The lowest BCUT2D eigenvalue weighted by molar-refractivity contribution is 0.0621. The third kappa shape index (κ3) is 27.0. The quantitative estimate of drug-likeness (QED) is 0.166. The Kier molecular flexibility index (Phi) is 39.6. The molecule has 23 saturated carbocycles. The van der Waals surface area contributed by atoms with Crippen LogP contribution in [0.5, 0.6) is 0 Å². The summed E-state index contributed by atoms with van der Waals surface area (Å²) < 4.78 is 0. The van der Waals surface area contributed by atoms with Crippen molar-refractivity contribution < 1.29 is 0 Å². The summed E-state index contributed by atoms with van der Waals surface area (Å²) in [6.45, 7) is 62.0. The van der Waals surface area contributed by atoms with E-state index in [0.717, 1.165) is 272 Å². The fourth-order valence-electron chi connectivity index (χ4n) is 37.9. The van der Waals surface area contributed by atoms with E-state index in [-0.39, 0.29) is 0 Å². The average Bonchev–Trinajstić information content (AvgIpc) is 1.60. The zero-order valence-corrected chi connectivity index (χ0v) is 92.8. The third-order valence-electron chi connectivity index (χ3n) is 45.5. The predicted molar refractivity (Wildman–Crippen MR) is 572 cm³/mol. The summed E-state index contributed by atoms with van der Waals surface area (Å²) in [7, 11) is 0. The van der Waals surface area contributed by atoms with Crippen molar-refractivity contribution in [1.29, 1.82) is 0 Å². The van der Waals surface area contributed by atoms with Gasteiger partial charge in [0.15, 0.2) is 0 Å². The standard InChI is InChI=1S/3C11H20.4C10H18.2C10H16.C9H16S.3C9H16/c3*1-8(2)11-6-9-4-3-5-10(9)7-11;3*1-7(2)10-6-8-4-3-5-9(8)10;3*1-7(2)10-8-5-3-4-6-9(8)10;1-6(2)9-7-3-4-10-5-8(7)9;3*1-6(2)9-7-4-3-5-8(7)9/h3*8-11H,3-7H2,1-2H3;4*7-10H,3-6H2,1-2H3;3,5,7-10H,4,6H2,1-2H3;3-4,7-10H,5-6H2,1-2H3;6-9H,3-5H2,1-2H3;3*6-9H,3-5H2,1-2H3. The van der Waals surface area contributed by atoms with Gasteiger partial charge in [-0.15, -0.1) is 0 Å². The van der Waals surface area contributed by atoms with E-state index in [9.17, 15) is 0 Å². The fourth-order valence-corrected chi connectivity index (χ4v) is 39.2. The van der Waals surface area contributed by atoms with Gasteiger partial charge in [-0.05, 0) is 480 Å². The first-order chi connectivity index (χ1) is 62.3. The molecule has 31 atom stereocenters. The van der Waals surface area contributed by atoms with E-state index >= 15 is 0 Å². The molecular formula is C129H228S. The van der Waals surface area contributed by atoms with Gasteiger partial charge < -0.3 is 0 Å². The van der Waals surface area contributed by atoms with Gasteiger partial charge in [-0.3, -0.25) is 0 Å². The van der Waals surface area contributed by atoms with Gasteiger partial charge in [-0.1, -0.05) is 333 Å². The maximum atomic E-state index is 2.44. The molecule has 0 nitrogen and oxygen atoms in total. The van der Waals surface area contributed by atoms with Crippen LogP contribution in [0.25, 0.3) is 0 Å². The van der Waals surface area contributed by atoms with Gasteiger partial charge in [-0.2, -0.15) is 11.8 Å². The Morgan fingerprint density at radius 2 is 0.423 bits per heavy atom. The highest BCUT2D eigenvalue weighted by atomic mass is 32.2. The Labute approximate surface area is 818 Å². The minimum Gasteiger partial charge on any atom is -0.162 e. The smallest absolute Gasteiger partial charge is 0.00335 e. The van der Waals surface area contributed by atoms with E-state index in [1.165, 1.54) is 150 Å². The van der Waals surface area contributed by atoms with Gasteiger partial charge in [0, 0.05) is 0 Å². The lowest BCUT2D eigenvalue weighted by atomic mass is 9.62. The molecule has 750 valence electrons. The zero-order valence-electron chi connectivity index (χ0n) is 92.0. The summed E-state index contributed by atoms with van der Waals surface area (Å²) in [5.74, 6) is 59.2. The molecule has 0 aromatic heterocycles. The van der Waals surface area contributed by atoms with Gasteiger partial charge in [0.25, 0.3) is 0 Å². The maximum Gasteiger partial charge on any atom is -0.00335 e. The number of rotatable bonds is 13. The van der Waals surface area contributed by atoms with Gasteiger partial charge in [0.1, 0.15) is 0 Å². The van der Waals surface area contributed by atoms with E-state index in [1.54, 1.807) is 186 Å². The summed E-state index contributed by atoms with van der Waals surface area (Å²) >= 11 is 2.17. The van der Waals surface area contributed by atoms with Gasteiger partial charge in [0.2, 0.25) is 0 Å². The molecule has 26 rings (SSSR count). The molecule has 0 aromatic rings. The molecule has 0 spiro atoms. The minimum absolute atomic E-state index is 0.915. The predicted octanol–water partition coefficient (Wildman–Crippen LogP) is 39.1. The van der Waals surface area contributed by atoms with Crippen LogP contribution in [0.15, 0.2) is 24.3 Å². The minimum atomic E-state index is 0.915. The van der Waals surface area contributed by atoms with E-state index in [0.29, 0.717) is 0 Å². The Morgan fingerprint density at radius 1 is 0.185 bits per heavy atom. The molecule has 0 amide bonds. The molecule has 0 aromatic carbocycles. The Morgan fingerprint density at radius 3 is 0.662 bits per heavy atom. The Balaban J connectivity index is 0.000000114. The molecule has 1 aliphatic heterocycles. The highest BCUT2D eigenvalue weighted by molar-refractivity contribution is 7.99.